The number of nitrogens with two attached hydrogens (primary N) is 2. The zero-order chi connectivity index (χ0) is 13.4. The van der Waals surface area contributed by atoms with E-state index in [2.05, 4.69) is 15.0 Å². The molecule has 19 heavy (non-hydrogen) atoms. The van der Waals surface area contributed by atoms with Crippen LogP contribution in [0.2, 0.25) is 0 Å². The Bertz CT molecular complexity index is 750. The average Bonchev–Trinajstić information content (AvgIpc) is 2.86. The molecule has 0 saturated heterocycles. The molecule has 96 valence electrons. The molecular formula is C13H12FN5. The van der Waals surface area contributed by atoms with Gasteiger partial charge in [0.05, 0.1) is 5.52 Å². The first-order valence-electron chi connectivity index (χ1n) is 5.76. The SMILES string of the molecule is Nc1ncc(Cc2ccc(F)c3[nH]ccc23)c(N)n1. The van der Waals surface area contributed by atoms with Crippen molar-refractivity contribution >= 4 is 22.7 Å². The van der Waals surface area contributed by atoms with Crippen molar-refractivity contribution in [1.82, 2.24) is 15.0 Å². The fraction of sp³-hybridized carbons (Fsp3) is 0.0769. The number of anilines is 2. The van der Waals surface area contributed by atoms with E-state index in [1.54, 1.807) is 18.5 Å². The van der Waals surface area contributed by atoms with Crippen LogP contribution < -0.4 is 11.5 Å². The fourth-order valence-electron chi connectivity index (χ4n) is 2.11. The average molecular weight is 257 g/mol. The third-order valence-electron chi connectivity index (χ3n) is 3.06. The van der Waals surface area contributed by atoms with E-state index in [1.807, 2.05) is 6.07 Å². The number of H-pyrrole nitrogens is 1. The van der Waals surface area contributed by atoms with Gasteiger partial charge in [-0.1, -0.05) is 6.07 Å². The van der Waals surface area contributed by atoms with Crippen LogP contribution in [0, 0.1) is 5.82 Å². The van der Waals surface area contributed by atoms with Crippen LogP contribution in [-0.2, 0) is 6.42 Å². The van der Waals surface area contributed by atoms with Gasteiger partial charge in [0.25, 0.3) is 0 Å². The molecule has 0 aliphatic carbocycles. The predicted octanol–water partition coefficient (Wildman–Crippen LogP) is 1.85. The summed E-state index contributed by atoms with van der Waals surface area (Å²) in [5, 5.41) is 0.830. The van der Waals surface area contributed by atoms with Gasteiger partial charge < -0.3 is 16.5 Å². The highest BCUT2D eigenvalue weighted by atomic mass is 19.1. The van der Waals surface area contributed by atoms with E-state index in [4.69, 9.17) is 11.5 Å². The van der Waals surface area contributed by atoms with Crippen LogP contribution in [0.1, 0.15) is 11.1 Å². The number of fused-ring (bicyclic) bond motifs is 1. The fourth-order valence-corrected chi connectivity index (χ4v) is 2.11. The van der Waals surface area contributed by atoms with E-state index >= 15 is 0 Å². The monoisotopic (exact) mass is 257 g/mol. The van der Waals surface area contributed by atoms with E-state index in [0.29, 0.717) is 17.8 Å². The number of aromatic nitrogens is 3. The summed E-state index contributed by atoms with van der Waals surface area (Å²) in [5.74, 6) is 0.220. The lowest BCUT2D eigenvalue weighted by atomic mass is 10.0. The van der Waals surface area contributed by atoms with Crippen molar-refractivity contribution in [2.45, 2.75) is 6.42 Å². The Balaban J connectivity index is 2.06. The minimum absolute atomic E-state index is 0.146. The van der Waals surface area contributed by atoms with Crippen LogP contribution in [0.25, 0.3) is 10.9 Å². The molecule has 3 aromatic rings. The molecule has 5 nitrogen and oxygen atoms in total. The van der Waals surface area contributed by atoms with Crippen LogP contribution in [0.5, 0.6) is 0 Å². The maximum absolute atomic E-state index is 13.6. The Labute approximate surface area is 108 Å². The first-order chi connectivity index (χ1) is 9.15. The first-order valence-corrected chi connectivity index (χ1v) is 5.76. The van der Waals surface area contributed by atoms with E-state index in [-0.39, 0.29) is 11.8 Å². The number of aromatic amines is 1. The van der Waals surface area contributed by atoms with Crippen LogP contribution >= 0.6 is 0 Å². The number of halogens is 1. The second-order valence-corrected chi connectivity index (χ2v) is 4.29. The lowest BCUT2D eigenvalue weighted by molar-refractivity contribution is 0.637. The van der Waals surface area contributed by atoms with Crippen LogP contribution in [0.15, 0.2) is 30.6 Å². The molecule has 0 saturated carbocycles. The molecule has 0 fully saturated rings. The lowest BCUT2D eigenvalue weighted by Crippen LogP contribution is -2.04. The Hall–Kier alpha value is -2.63. The van der Waals surface area contributed by atoms with Gasteiger partial charge in [-0.15, -0.1) is 0 Å². The molecule has 5 N–H and O–H groups in total. The molecule has 0 amide bonds. The molecule has 0 atom stereocenters. The zero-order valence-electron chi connectivity index (χ0n) is 10.0. The molecule has 0 unspecified atom stereocenters. The minimum atomic E-state index is -0.273. The van der Waals surface area contributed by atoms with Crippen molar-refractivity contribution in [3.05, 3.63) is 47.5 Å². The van der Waals surface area contributed by atoms with E-state index in [9.17, 15) is 4.39 Å². The number of benzene rings is 1. The third-order valence-corrected chi connectivity index (χ3v) is 3.06. The normalized spacial score (nSPS) is 11.0. The van der Waals surface area contributed by atoms with Crippen molar-refractivity contribution in [1.29, 1.82) is 0 Å². The van der Waals surface area contributed by atoms with Crippen LogP contribution in [0.3, 0.4) is 0 Å². The Kier molecular flexibility index (Phi) is 2.56. The highest BCUT2D eigenvalue weighted by molar-refractivity contribution is 5.84. The van der Waals surface area contributed by atoms with E-state index in [1.165, 1.54) is 6.07 Å². The molecule has 0 aliphatic rings. The van der Waals surface area contributed by atoms with Crippen LogP contribution in [-0.4, -0.2) is 15.0 Å². The smallest absolute Gasteiger partial charge is 0.221 e. The molecule has 1 aromatic carbocycles. The van der Waals surface area contributed by atoms with Gasteiger partial charge in [-0.3, -0.25) is 0 Å². The number of rotatable bonds is 2. The van der Waals surface area contributed by atoms with E-state index < -0.39 is 0 Å². The summed E-state index contributed by atoms with van der Waals surface area (Å²) in [6, 6.07) is 5.01. The Morgan fingerprint density at radius 3 is 2.79 bits per heavy atom. The molecule has 0 aliphatic heterocycles. The van der Waals surface area contributed by atoms with E-state index in [0.717, 1.165) is 16.5 Å². The van der Waals surface area contributed by atoms with Crippen molar-refractivity contribution in [3.8, 4) is 0 Å². The molecule has 2 aromatic heterocycles. The van der Waals surface area contributed by atoms with Gasteiger partial charge in [0.1, 0.15) is 11.6 Å². The van der Waals surface area contributed by atoms with Gasteiger partial charge in [0.2, 0.25) is 5.95 Å². The maximum atomic E-state index is 13.6. The van der Waals surface area contributed by atoms with Crippen molar-refractivity contribution in [3.63, 3.8) is 0 Å². The van der Waals surface area contributed by atoms with Crippen molar-refractivity contribution in [2.75, 3.05) is 11.5 Å². The van der Waals surface area contributed by atoms with Gasteiger partial charge in [0.15, 0.2) is 0 Å². The van der Waals surface area contributed by atoms with Crippen molar-refractivity contribution in [2.24, 2.45) is 0 Å². The van der Waals surface area contributed by atoms with Gasteiger partial charge in [-0.05, 0) is 17.7 Å². The number of hydrogen-bond acceptors (Lipinski definition) is 4. The summed E-state index contributed by atoms with van der Waals surface area (Å²) in [7, 11) is 0. The quantitative estimate of drug-likeness (QED) is 0.653. The molecule has 0 spiro atoms. The Morgan fingerprint density at radius 1 is 1.16 bits per heavy atom. The van der Waals surface area contributed by atoms with Gasteiger partial charge in [0, 0.05) is 29.8 Å². The highest BCUT2D eigenvalue weighted by Gasteiger charge is 2.10. The first kappa shape index (κ1) is 11.5. The summed E-state index contributed by atoms with van der Waals surface area (Å²) in [6.45, 7) is 0. The van der Waals surface area contributed by atoms with Gasteiger partial charge in [-0.25, -0.2) is 9.37 Å². The second-order valence-electron chi connectivity index (χ2n) is 4.29. The standard InChI is InChI=1S/C13H12FN5/c14-10-2-1-7(9-3-4-17-11(9)10)5-8-6-18-13(16)19-12(8)15/h1-4,6,17H,5H2,(H4,15,16,18,19). The zero-order valence-corrected chi connectivity index (χ0v) is 10.0. The summed E-state index contributed by atoms with van der Waals surface area (Å²) in [4.78, 5) is 10.7. The molecule has 3 rings (SSSR count). The number of nitrogens with zero attached hydrogens (tertiary/aromatic N) is 2. The van der Waals surface area contributed by atoms with Crippen LogP contribution in [0.4, 0.5) is 16.2 Å². The number of nitrogens with one attached hydrogen (secondary N) is 1. The lowest BCUT2D eigenvalue weighted by Gasteiger charge is -2.07. The highest BCUT2D eigenvalue weighted by Crippen LogP contribution is 2.24. The second kappa shape index (κ2) is 4.24. The number of hydrogen-bond donors (Lipinski definition) is 3. The number of nitrogen functional groups attached to an aromatic ring is 2. The van der Waals surface area contributed by atoms with Crippen molar-refractivity contribution < 1.29 is 4.39 Å². The minimum Gasteiger partial charge on any atom is -0.383 e. The summed E-state index contributed by atoms with van der Waals surface area (Å²) in [5.41, 5.74) is 13.5. The van der Waals surface area contributed by atoms with Gasteiger partial charge >= 0.3 is 0 Å². The molecular weight excluding hydrogens is 245 g/mol. The summed E-state index contributed by atoms with van der Waals surface area (Å²) in [6.07, 6.45) is 3.83. The van der Waals surface area contributed by atoms with Gasteiger partial charge in [-0.2, -0.15) is 4.98 Å². The predicted molar refractivity (Wildman–Crippen MR) is 71.9 cm³/mol. The third kappa shape index (κ3) is 1.97. The summed E-state index contributed by atoms with van der Waals surface area (Å²) < 4.78 is 13.6. The molecule has 0 radical (unpaired) electrons. The maximum Gasteiger partial charge on any atom is 0.221 e. The largest absolute Gasteiger partial charge is 0.383 e. The molecule has 0 bridgehead atoms. The summed E-state index contributed by atoms with van der Waals surface area (Å²) >= 11 is 0. The Morgan fingerprint density at radius 2 is 2.00 bits per heavy atom. The molecule has 6 heteroatoms. The molecule has 2 heterocycles. The topological polar surface area (TPSA) is 93.6 Å².